The second kappa shape index (κ2) is 9.08. The van der Waals surface area contributed by atoms with Gasteiger partial charge in [0.2, 0.25) is 0 Å². The van der Waals surface area contributed by atoms with Crippen LogP contribution in [0.3, 0.4) is 0 Å². The summed E-state index contributed by atoms with van der Waals surface area (Å²) in [7, 11) is 0. The molecule has 1 aliphatic rings. The van der Waals surface area contributed by atoms with Gasteiger partial charge in [-0.15, -0.1) is 0 Å². The molecule has 0 saturated carbocycles. The van der Waals surface area contributed by atoms with Gasteiger partial charge in [0.15, 0.2) is 11.1 Å². The number of fused-ring (bicyclic) bond motifs is 1. The maximum Gasteiger partial charge on any atom is 0.196 e. The first kappa shape index (κ1) is 24.0. The summed E-state index contributed by atoms with van der Waals surface area (Å²) in [6.45, 7) is 9.97. The molecule has 0 amide bonds. The second-order valence-electron chi connectivity index (χ2n) is 9.85. The van der Waals surface area contributed by atoms with Gasteiger partial charge in [0.05, 0.1) is 48.6 Å². The standard InChI is InChI=1S/C27H26ClN5O3/c1-15-7-19(17(3)31-21-5-6-23(28)32-22(21)9-29)26-20(8-15)24(34)16(2)25(36-26)18-10-30-33(11-18)12-27(4)13-35-14-27/h5-8,10-11,17,31H,12-14H2,1-4H3. The number of hydrogen-bond donors (Lipinski definition) is 1. The highest BCUT2D eigenvalue weighted by Gasteiger charge is 2.34. The molecule has 1 N–H and O–H groups in total. The molecular formula is C27H26ClN5O3. The van der Waals surface area contributed by atoms with E-state index in [1.165, 1.54) is 0 Å². The molecule has 5 rings (SSSR count). The number of nitrogens with zero attached hydrogens (tertiary/aromatic N) is 4. The maximum atomic E-state index is 13.4. The third kappa shape index (κ3) is 4.36. The highest BCUT2D eigenvalue weighted by molar-refractivity contribution is 6.29. The number of nitrogens with one attached hydrogen (secondary N) is 1. The molecule has 1 saturated heterocycles. The van der Waals surface area contributed by atoms with Crippen molar-refractivity contribution in [2.45, 2.75) is 40.3 Å². The molecule has 9 heteroatoms. The Balaban J connectivity index is 1.57. The molecule has 8 nitrogen and oxygen atoms in total. The van der Waals surface area contributed by atoms with Crippen LogP contribution in [0.15, 0.2) is 45.9 Å². The summed E-state index contributed by atoms with van der Waals surface area (Å²) in [6, 6.07) is 8.95. The normalized spacial score (nSPS) is 15.3. The van der Waals surface area contributed by atoms with Crippen LogP contribution in [0.2, 0.25) is 5.15 Å². The van der Waals surface area contributed by atoms with Crippen molar-refractivity contribution in [3.63, 3.8) is 0 Å². The van der Waals surface area contributed by atoms with E-state index < -0.39 is 0 Å². The quantitative estimate of drug-likeness (QED) is 0.351. The number of rotatable bonds is 6. The third-order valence-corrected chi connectivity index (χ3v) is 6.75. The van der Waals surface area contributed by atoms with Crippen LogP contribution in [-0.2, 0) is 11.3 Å². The first-order chi connectivity index (χ1) is 17.2. The van der Waals surface area contributed by atoms with Crippen molar-refractivity contribution in [1.82, 2.24) is 14.8 Å². The number of benzene rings is 1. The zero-order valence-corrected chi connectivity index (χ0v) is 21.3. The number of pyridine rings is 1. The Hall–Kier alpha value is -3.67. The van der Waals surface area contributed by atoms with Crippen LogP contribution in [0.4, 0.5) is 5.69 Å². The summed E-state index contributed by atoms with van der Waals surface area (Å²) in [4.78, 5) is 17.5. The average molecular weight is 504 g/mol. The minimum absolute atomic E-state index is 0.0627. The van der Waals surface area contributed by atoms with Crippen LogP contribution in [0.1, 0.15) is 42.3 Å². The van der Waals surface area contributed by atoms with E-state index >= 15 is 0 Å². The Morgan fingerprint density at radius 3 is 2.78 bits per heavy atom. The number of aromatic nitrogens is 3. The molecule has 0 spiro atoms. The summed E-state index contributed by atoms with van der Waals surface area (Å²) in [5.74, 6) is 0.497. The monoisotopic (exact) mass is 503 g/mol. The number of nitriles is 1. The molecular weight excluding hydrogens is 478 g/mol. The van der Waals surface area contributed by atoms with E-state index in [1.54, 1.807) is 25.3 Å². The molecule has 1 aliphatic heterocycles. The third-order valence-electron chi connectivity index (χ3n) is 6.54. The summed E-state index contributed by atoms with van der Waals surface area (Å²) in [5, 5.41) is 18.1. The van der Waals surface area contributed by atoms with E-state index in [0.717, 1.165) is 23.2 Å². The van der Waals surface area contributed by atoms with E-state index in [2.05, 4.69) is 28.4 Å². The Morgan fingerprint density at radius 2 is 2.08 bits per heavy atom. The number of hydrogen-bond acceptors (Lipinski definition) is 7. The molecule has 1 aromatic carbocycles. The van der Waals surface area contributed by atoms with Crippen molar-refractivity contribution in [3.8, 4) is 17.4 Å². The number of anilines is 1. The Kier molecular flexibility index (Phi) is 6.07. The van der Waals surface area contributed by atoms with Crippen LogP contribution >= 0.6 is 11.6 Å². The molecule has 0 bridgehead atoms. The highest BCUT2D eigenvalue weighted by atomic mass is 35.5. The van der Waals surface area contributed by atoms with Gasteiger partial charge in [0, 0.05) is 22.7 Å². The number of ether oxygens (including phenoxy) is 1. The van der Waals surface area contributed by atoms with Gasteiger partial charge in [-0.1, -0.05) is 24.6 Å². The SMILES string of the molecule is Cc1cc(C(C)Nc2ccc(Cl)nc2C#N)c2oc(-c3cnn(CC4(C)COC4)c3)c(C)c(=O)c2c1. The average Bonchev–Trinajstić information content (AvgIpc) is 3.29. The fourth-order valence-corrected chi connectivity index (χ4v) is 4.76. The molecule has 4 heterocycles. The van der Waals surface area contributed by atoms with E-state index in [0.29, 0.717) is 41.2 Å². The summed E-state index contributed by atoms with van der Waals surface area (Å²) in [6.07, 6.45) is 3.64. The molecule has 36 heavy (non-hydrogen) atoms. The molecule has 184 valence electrons. The lowest BCUT2D eigenvalue weighted by Gasteiger charge is -2.37. The topological polar surface area (TPSA) is 106 Å². The molecule has 1 atom stereocenters. The van der Waals surface area contributed by atoms with Gasteiger partial charge >= 0.3 is 0 Å². The molecule has 4 aromatic rings. The largest absolute Gasteiger partial charge is 0.455 e. The van der Waals surface area contributed by atoms with Crippen LogP contribution < -0.4 is 10.7 Å². The lowest BCUT2D eigenvalue weighted by atomic mass is 9.89. The summed E-state index contributed by atoms with van der Waals surface area (Å²) >= 11 is 5.95. The molecule has 1 fully saturated rings. The minimum atomic E-state index is -0.289. The van der Waals surface area contributed by atoms with Gasteiger partial charge in [0.1, 0.15) is 22.6 Å². The second-order valence-corrected chi connectivity index (χ2v) is 10.2. The van der Waals surface area contributed by atoms with Gasteiger partial charge in [-0.05, 0) is 44.5 Å². The molecule has 0 radical (unpaired) electrons. The zero-order valence-electron chi connectivity index (χ0n) is 20.6. The van der Waals surface area contributed by atoms with Crippen molar-refractivity contribution in [2.24, 2.45) is 5.41 Å². The van der Waals surface area contributed by atoms with Crippen molar-refractivity contribution in [3.05, 3.63) is 74.4 Å². The fraction of sp³-hybridized carbons (Fsp3) is 0.333. The fourth-order valence-electron chi connectivity index (χ4n) is 4.61. The maximum absolute atomic E-state index is 13.4. The van der Waals surface area contributed by atoms with Gasteiger partial charge < -0.3 is 14.5 Å². The van der Waals surface area contributed by atoms with Gasteiger partial charge in [-0.3, -0.25) is 9.48 Å². The van der Waals surface area contributed by atoms with E-state index in [9.17, 15) is 10.1 Å². The number of aryl methyl sites for hydroxylation is 1. The number of halogens is 1. The first-order valence-electron chi connectivity index (χ1n) is 11.7. The van der Waals surface area contributed by atoms with Crippen LogP contribution in [0, 0.1) is 30.6 Å². The van der Waals surface area contributed by atoms with Crippen LogP contribution in [-0.4, -0.2) is 28.0 Å². The Morgan fingerprint density at radius 1 is 1.31 bits per heavy atom. The Bertz CT molecular complexity index is 1580. The summed E-state index contributed by atoms with van der Waals surface area (Å²) < 4.78 is 13.7. The van der Waals surface area contributed by atoms with Gasteiger partial charge in [0.25, 0.3) is 0 Å². The molecule has 1 unspecified atom stereocenters. The van der Waals surface area contributed by atoms with Gasteiger partial charge in [-0.25, -0.2) is 4.98 Å². The summed E-state index contributed by atoms with van der Waals surface area (Å²) in [5.41, 5.74) is 4.24. The smallest absolute Gasteiger partial charge is 0.196 e. The lowest BCUT2D eigenvalue weighted by molar-refractivity contribution is -0.111. The Labute approximate surface area is 213 Å². The minimum Gasteiger partial charge on any atom is -0.455 e. The highest BCUT2D eigenvalue weighted by Crippen LogP contribution is 2.33. The van der Waals surface area contributed by atoms with Crippen molar-refractivity contribution >= 4 is 28.3 Å². The zero-order chi connectivity index (χ0) is 25.6. The van der Waals surface area contributed by atoms with Crippen molar-refractivity contribution in [1.29, 1.82) is 5.26 Å². The van der Waals surface area contributed by atoms with Crippen LogP contribution in [0.25, 0.3) is 22.3 Å². The first-order valence-corrected chi connectivity index (χ1v) is 12.1. The predicted molar refractivity (Wildman–Crippen MR) is 138 cm³/mol. The predicted octanol–water partition coefficient (Wildman–Crippen LogP) is 5.40. The van der Waals surface area contributed by atoms with Crippen LogP contribution in [0.5, 0.6) is 0 Å². The molecule has 3 aromatic heterocycles. The van der Waals surface area contributed by atoms with E-state index in [1.807, 2.05) is 36.9 Å². The van der Waals surface area contributed by atoms with E-state index in [4.69, 9.17) is 20.8 Å². The molecule has 0 aliphatic carbocycles. The van der Waals surface area contributed by atoms with E-state index in [-0.39, 0.29) is 27.7 Å². The van der Waals surface area contributed by atoms with Gasteiger partial charge in [-0.2, -0.15) is 10.4 Å². The van der Waals surface area contributed by atoms with Crippen molar-refractivity contribution < 1.29 is 9.15 Å². The lowest BCUT2D eigenvalue weighted by Crippen LogP contribution is -2.43. The van der Waals surface area contributed by atoms with Crippen molar-refractivity contribution in [2.75, 3.05) is 18.5 Å².